The smallest absolute Gasteiger partial charge is 0.263 e. The SMILES string of the molecule is CCC1CCCC(F)(F)C1N. The minimum absolute atomic E-state index is 0.0231. The zero-order valence-electron chi connectivity index (χ0n) is 6.82. The molecule has 0 aromatic carbocycles. The Labute approximate surface area is 66.0 Å². The van der Waals surface area contributed by atoms with Gasteiger partial charge in [0.2, 0.25) is 0 Å². The van der Waals surface area contributed by atoms with Gasteiger partial charge in [0, 0.05) is 6.42 Å². The predicted molar refractivity (Wildman–Crippen MR) is 40.6 cm³/mol. The van der Waals surface area contributed by atoms with E-state index in [0.29, 0.717) is 6.42 Å². The quantitative estimate of drug-likeness (QED) is 0.629. The Morgan fingerprint density at radius 2 is 2.18 bits per heavy atom. The maximum absolute atomic E-state index is 12.9. The fourth-order valence-corrected chi connectivity index (χ4v) is 1.75. The van der Waals surface area contributed by atoms with Crippen LogP contribution in [0.4, 0.5) is 8.78 Å². The molecule has 0 heterocycles. The van der Waals surface area contributed by atoms with Crippen LogP contribution in [0.25, 0.3) is 0 Å². The molecule has 0 bridgehead atoms. The van der Waals surface area contributed by atoms with E-state index in [1.807, 2.05) is 6.92 Å². The first-order valence-corrected chi connectivity index (χ1v) is 4.21. The lowest BCUT2D eigenvalue weighted by molar-refractivity contribution is -0.0722. The molecule has 0 spiro atoms. The van der Waals surface area contributed by atoms with Crippen molar-refractivity contribution >= 4 is 0 Å². The van der Waals surface area contributed by atoms with Crippen LogP contribution in [-0.4, -0.2) is 12.0 Å². The Balaban J connectivity index is 2.60. The first kappa shape index (κ1) is 8.91. The van der Waals surface area contributed by atoms with Gasteiger partial charge in [0.15, 0.2) is 0 Å². The van der Waals surface area contributed by atoms with E-state index in [4.69, 9.17) is 5.73 Å². The highest BCUT2D eigenvalue weighted by molar-refractivity contribution is 4.90. The molecule has 0 amide bonds. The van der Waals surface area contributed by atoms with E-state index in [0.717, 1.165) is 12.8 Å². The van der Waals surface area contributed by atoms with Crippen LogP contribution in [0.1, 0.15) is 32.6 Å². The van der Waals surface area contributed by atoms with Gasteiger partial charge in [-0.3, -0.25) is 0 Å². The van der Waals surface area contributed by atoms with E-state index in [1.165, 1.54) is 0 Å². The zero-order chi connectivity index (χ0) is 8.48. The Morgan fingerprint density at radius 1 is 1.55 bits per heavy atom. The van der Waals surface area contributed by atoms with Gasteiger partial charge >= 0.3 is 0 Å². The molecule has 1 fully saturated rings. The monoisotopic (exact) mass is 163 g/mol. The van der Waals surface area contributed by atoms with E-state index >= 15 is 0 Å². The van der Waals surface area contributed by atoms with Crippen LogP contribution in [0.3, 0.4) is 0 Å². The maximum atomic E-state index is 12.9. The van der Waals surface area contributed by atoms with Crippen molar-refractivity contribution in [2.24, 2.45) is 11.7 Å². The molecule has 2 N–H and O–H groups in total. The first-order valence-electron chi connectivity index (χ1n) is 4.21. The number of hydrogen-bond acceptors (Lipinski definition) is 1. The van der Waals surface area contributed by atoms with Crippen molar-refractivity contribution in [1.29, 1.82) is 0 Å². The zero-order valence-corrected chi connectivity index (χ0v) is 6.82. The average Bonchev–Trinajstić information content (AvgIpc) is 1.95. The van der Waals surface area contributed by atoms with Crippen LogP contribution in [0.2, 0.25) is 0 Å². The largest absolute Gasteiger partial charge is 0.322 e. The van der Waals surface area contributed by atoms with E-state index in [1.54, 1.807) is 0 Å². The Kier molecular flexibility index (Phi) is 2.47. The van der Waals surface area contributed by atoms with Crippen molar-refractivity contribution in [1.82, 2.24) is 0 Å². The van der Waals surface area contributed by atoms with Crippen molar-refractivity contribution < 1.29 is 8.78 Å². The summed E-state index contributed by atoms with van der Waals surface area (Å²) in [5.41, 5.74) is 5.42. The average molecular weight is 163 g/mol. The summed E-state index contributed by atoms with van der Waals surface area (Å²) in [7, 11) is 0. The molecule has 0 radical (unpaired) electrons. The number of halogens is 2. The van der Waals surface area contributed by atoms with Crippen LogP contribution in [0, 0.1) is 5.92 Å². The lowest BCUT2D eigenvalue weighted by atomic mass is 9.81. The molecule has 11 heavy (non-hydrogen) atoms. The highest BCUT2D eigenvalue weighted by atomic mass is 19.3. The number of hydrogen-bond donors (Lipinski definition) is 1. The first-order chi connectivity index (χ1) is 5.08. The van der Waals surface area contributed by atoms with Gasteiger partial charge in [0.1, 0.15) is 0 Å². The molecule has 1 saturated carbocycles. The second-order valence-corrected chi connectivity index (χ2v) is 3.35. The standard InChI is InChI=1S/C8H15F2N/c1-2-6-4-3-5-8(9,10)7(6)11/h6-7H,2-5,11H2,1H3. The summed E-state index contributed by atoms with van der Waals surface area (Å²) in [4.78, 5) is 0. The predicted octanol–water partition coefficient (Wildman–Crippen LogP) is 2.16. The molecule has 3 heteroatoms. The van der Waals surface area contributed by atoms with Gasteiger partial charge in [0.25, 0.3) is 5.92 Å². The van der Waals surface area contributed by atoms with Crippen molar-refractivity contribution in [3.63, 3.8) is 0 Å². The van der Waals surface area contributed by atoms with Crippen molar-refractivity contribution in [2.45, 2.75) is 44.6 Å². The topological polar surface area (TPSA) is 26.0 Å². The molecule has 1 aliphatic carbocycles. The van der Waals surface area contributed by atoms with Crippen molar-refractivity contribution in [3.05, 3.63) is 0 Å². The van der Waals surface area contributed by atoms with Crippen molar-refractivity contribution in [2.75, 3.05) is 0 Å². The molecule has 2 atom stereocenters. The molecule has 0 saturated heterocycles. The number of nitrogens with two attached hydrogens (primary N) is 1. The highest BCUT2D eigenvalue weighted by Gasteiger charge is 2.43. The number of alkyl halides is 2. The van der Waals surface area contributed by atoms with Crippen LogP contribution in [0.5, 0.6) is 0 Å². The second-order valence-electron chi connectivity index (χ2n) is 3.35. The van der Waals surface area contributed by atoms with Gasteiger partial charge in [-0.25, -0.2) is 8.78 Å². The third-order valence-corrected chi connectivity index (χ3v) is 2.60. The molecule has 0 aliphatic heterocycles. The van der Waals surface area contributed by atoms with Gasteiger partial charge in [-0.05, 0) is 18.8 Å². The molecule has 2 unspecified atom stereocenters. The minimum Gasteiger partial charge on any atom is -0.322 e. The molecule has 1 nitrogen and oxygen atoms in total. The molecular formula is C8H15F2N. The molecule has 66 valence electrons. The highest BCUT2D eigenvalue weighted by Crippen LogP contribution is 2.36. The molecule has 0 aromatic rings. The molecular weight excluding hydrogens is 148 g/mol. The molecule has 0 aromatic heterocycles. The van der Waals surface area contributed by atoms with E-state index in [2.05, 4.69) is 0 Å². The summed E-state index contributed by atoms with van der Waals surface area (Å²) in [5.74, 6) is -2.59. The Hall–Kier alpha value is -0.180. The summed E-state index contributed by atoms with van der Waals surface area (Å²) in [6.45, 7) is 1.92. The summed E-state index contributed by atoms with van der Waals surface area (Å²) in [6.07, 6.45) is 2.24. The van der Waals surface area contributed by atoms with Crippen LogP contribution in [-0.2, 0) is 0 Å². The maximum Gasteiger partial charge on any atom is 0.263 e. The Morgan fingerprint density at radius 3 is 2.64 bits per heavy atom. The fraction of sp³-hybridized carbons (Fsp3) is 1.00. The van der Waals surface area contributed by atoms with Gasteiger partial charge in [-0.2, -0.15) is 0 Å². The summed E-state index contributed by atoms with van der Waals surface area (Å²) >= 11 is 0. The molecule has 1 aliphatic rings. The van der Waals surface area contributed by atoms with Gasteiger partial charge in [0.05, 0.1) is 6.04 Å². The van der Waals surface area contributed by atoms with E-state index < -0.39 is 12.0 Å². The van der Waals surface area contributed by atoms with Crippen LogP contribution < -0.4 is 5.73 Å². The van der Waals surface area contributed by atoms with Gasteiger partial charge in [-0.1, -0.05) is 13.3 Å². The third-order valence-electron chi connectivity index (χ3n) is 2.60. The van der Waals surface area contributed by atoms with Crippen molar-refractivity contribution in [3.8, 4) is 0 Å². The number of rotatable bonds is 1. The summed E-state index contributed by atoms with van der Waals surface area (Å²) in [6, 6.07) is -0.902. The van der Waals surface area contributed by atoms with E-state index in [9.17, 15) is 8.78 Å². The fourth-order valence-electron chi connectivity index (χ4n) is 1.75. The second kappa shape index (κ2) is 3.05. The molecule has 1 rings (SSSR count). The van der Waals surface area contributed by atoms with Gasteiger partial charge in [-0.15, -0.1) is 0 Å². The summed E-state index contributed by atoms with van der Waals surface area (Å²) < 4.78 is 25.8. The Bertz CT molecular complexity index is 136. The van der Waals surface area contributed by atoms with E-state index in [-0.39, 0.29) is 12.3 Å². The lowest BCUT2D eigenvalue weighted by Gasteiger charge is -2.34. The van der Waals surface area contributed by atoms with Gasteiger partial charge < -0.3 is 5.73 Å². The third kappa shape index (κ3) is 1.70. The normalized spacial score (nSPS) is 37.1. The lowest BCUT2D eigenvalue weighted by Crippen LogP contribution is -2.49. The van der Waals surface area contributed by atoms with Crippen LogP contribution in [0.15, 0.2) is 0 Å². The minimum atomic E-state index is -2.61. The summed E-state index contributed by atoms with van der Waals surface area (Å²) in [5, 5.41) is 0. The van der Waals surface area contributed by atoms with Crippen LogP contribution >= 0.6 is 0 Å².